The summed E-state index contributed by atoms with van der Waals surface area (Å²) in [4.78, 5) is 21.3. The molecule has 218 valence electrons. The van der Waals surface area contributed by atoms with Crippen LogP contribution >= 0.6 is 22.9 Å². The molecule has 1 unspecified atom stereocenters. The van der Waals surface area contributed by atoms with E-state index in [4.69, 9.17) is 21.1 Å². The molecule has 10 heteroatoms. The monoisotopic (exact) mass is 611 g/mol. The molecule has 1 aromatic heterocycles. The molecule has 2 aromatic carbocycles. The second kappa shape index (κ2) is 11.3. The zero-order chi connectivity index (χ0) is 28.8. The van der Waals surface area contributed by atoms with Crippen LogP contribution in [0.25, 0.3) is 0 Å². The van der Waals surface area contributed by atoms with Crippen molar-refractivity contribution >= 4 is 42.1 Å². The normalized spacial score (nSPS) is 22.1. The van der Waals surface area contributed by atoms with E-state index >= 15 is 0 Å². The number of fused-ring (bicyclic) bond motifs is 1. The molecule has 6 rings (SSSR count). The average Bonchev–Trinajstić information content (AvgIpc) is 3.23. The molecule has 2 fully saturated rings. The first-order valence-electron chi connectivity index (χ1n) is 14.6. The number of thiazole rings is 1. The largest absolute Gasteiger partial charge is 0.454 e. The van der Waals surface area contributed by atoms with Gasteiger partial charge in [0, 0.05) is 22.6 Å². The molecule has 41 heavy (non-hydrogen) atoms. The first-order valence-corrected chi connectivity index (χ1v) is 19.1. The molecule has 2 aliphatic heterocycles. The summed E-state index contributed by atoms with van der Waals surface area (Å²) >= 11 is 8.21. The van der Waals surface area contributed by atoms with E-state index in [0.717, 1.165) is 41.8 Å². The molecule has 7 nitrogen and oxygen atoms in total. The van der Waals surface area contributed by atoms with Gasteiger partial charge in [0.15, 0.2) is 16.6 Å². The fraction of sp³-hybridized carbons (Fsp3) is 0.484. The molecule has 3 atom stereocenters. The lowest BCUT2D eigenvalue weighted by Crippen LogP contribution is -2.42. The molecule has 0 radical (unpaired) electrons. The van der Waals surface area contributed by atoms with Gasteiger partial charge in [-0.3, -0.25) is 9.69 Å². The lowest BCUT2D eigenvalue weighted by molar-refractivity contribution is -0.118. The van der Waals surface area contributed by atoms with E-state index in [1.54, 1.807) is 0 Å². The first-order chi connectivity index (χ1) is 19.7. The predicted molar refractivity (Wildman–Crippen MR) is 166 cm³/mol. The minimum Gasteiger partial charge on any atom is -0.454 e. The summed E-state index contributed by atoms with van der Waals surface area (Å²) in [7, 11) is -1.64. The summed E-state index contributed by atoms with van der Waals surface area (Å²) < 4.78 is 11.0. The molecule has 0 spiro atoms. The number of ether oxygens (including phenoxy) is 2. The summed E-state index contributed by atoms with van der Waals surface area (Å²) in [5, 5.41) is 16.1. The van der Waals surface area contributed by atoms with Crippen molar-refractivity contribution in [3.8, 4) is 11.5 Å². The maximum atomic E-state index is 13.6. The highest BCUT2D eigenvalue weighted by Gasteiger charge is 2.52. The van der Waals surface area contributed by atoms with Crippen molar-refractivity contribution in [3.05, 3.63) is 69.7 Å². The number of rotatable bonds is 10. The van der Waals surface area contributed by atoms with Crippen molar-refractivity contribution in [1.29, 1.82) is 0 Å². The van der Waals surface area contributed by atoms with Gasteiger partial charge in [-0.15, -0.1) is 0 Å². The number of aromatic nitrogens is 1. The summed E-state index contributed by atoms with van der Waals surface area (Å²) in [6, 6.07) is 14.6. The van der Waals surface area contributed by atoms with Gasteiger partial charge in [-0.25, -0.2) is 4.98 Å². The van der Waals surface area contributed by atoms with Crippen LogP contribution in [-0.4, -0.2) is 48.5 Å². The molecule has 1 aliphatic carbocycles. The maximum absolute atomic E-state index is 13.6. The third-order valence-electron chi connectivity index (χ3n) is 9.23. The van der Waals surface area contributed by atoms with Crippen LogP contribution in [0, 0.1) is 0 Å². The van der Waals surface area contributed by atoms with E-state index in [2.05, 4.69) is 35.2 Å². The Morgan fingerprint density at radius 1 is 1.24 bits per heavy atom. The van der Waals surface area contributed by atoms with E-state index in [1.165, 1.54) is 30.2 Å². The molecule has 1 saturated heterocycles. The van der Waals surface area contributed by atoms with Crippen LogP contribution in [0.3, 0.4) is 0 Å². The topological polar surface area (TPSA) is 83.9 Å². The zero-order valence-electron chi connectivity index (χ0n) is 23.9. The number of nitrogens with one attached hydrogen (secondary N) is 1. The van der Waals surface area contributed by atoms with E-state index in [9.17, 15) is 9.90 Å². The van der Waals surface area contributed by atoms with Gasteiger partial charge in [0.2, 0.25) is 12.7 Å². The number of hydrogen-bond acceptors (Lipinski definition) is 7. The Morgan fingerprint density at radius 3 is 2.78 bits per heavy atom. The fourth-order valence-electron chi connectivity index (χ4n) is 6.54. The third-order valence-corrected chi connectivity index (χ3v) is 14.8. The number of amides is 1. The number of anilines is 1. The van der Waals surface area contributed by atoms with Gasteiger partial charge < -0.3 is 19.9 Å². The lowest BCUT2D eigenvalue weighted by atomic mass is 9.94. The molecule has 3 aliphatic rings. The van der Waals surface area contributed by atoms with Crippen LogP contribution in [0.1, 0.15) is 61.1 Å². The summed E-state index contributed by atoms with van der Waals surface area (Å²) in [5.74, 6) is 1.34. The van der Waals surface area contributed by atoms with Crippen LogP contribution in [0.4, 0.5) is 5.13 Å². The number of nitrogens with zero attached hydrogens (tertiary/aromatic N) is 2. The summed E-state index contributed by atoms with van der Waals surface area (Å²) in [5.41, 5.74) is 1.60. The van der Waals surface area contributed by atoms with Gasteiger partial charge in [0.05, 0.1) is 19.5 Å². The third kappa shape index (κ3) is 5.43. The van der Waals surface area contributed by atoms with Gasteiger partial charge in [-0.1, -0.05) is 86.1 Å². The Morgan fingerprint density at radius 2 is 2.02 bits per heavy atom. The standard InChI is InChI=1S/C31H38ClN3O4SSi/c1-4-5-16-41(2,3)26-12-15-35(28(26)36)27(21-8-6-7-9-22(21)32)25-18-33-30(40-25)34-29(37)31(13-14-31)20-10-11-23-24(17-20)39-19-38-23/h6-11,17-18,26-28,36H,4-5,12-16,19H2,1-3H3,(H,33,34,37)/t26-,27?,28+/m1/s1. The van der Waals surface area contributed by atoms with E-state index in [0.29, 0.717) is 27.2 Å². The van der Waals surface area contributed by atoms with E-state index in [-0.39, 0.29) is 18.7 Å². The molecular weight excluding hydrogens is 574 g/mol. The number of benzene rings is 2. The second-order valence-corrected chi connectivity index (χ2v) is 18.9. The van der Waals surface area contributed by atoms with E-state index < -0.39 is 19.7 Å². The Hall–Kier alpha value is -2.43. The highest BCUT2D eigenvalue weighted by Crippen LogP contribution is 2.52. The molecular formula is C31H38ClN3O4SSi. The van der Waals surface area contributed by atoms with E-state index in [1.807, 2.05) is 48.7 Å². The Labute approximate surface area is 251 Å². The SMILES string of the molecule is CCCC[Si](C)(C)[C@@H]1CCN(C(c2cnc(NC(=O)C3(c4ccc5c(c4)OCO5)CC3)s2)c2ccccc2Cl)[C@H]1O. The minimum atomic E-state index is -1.64. The average molecular weight is 612 g/mol. The van der Waals surface area contributed by atoms with Crippen molar-refractivity contribution < 1.29 is 19.4 Å². The number of aliphatic hydroxyl groups excluding tert-OH is 1. The van der Waals surface area contributed by atoms with Gasteiger partial charge in [0.25, 0.3) is 0 Å². The molecule has 1 amide bonds. The maximum Gasteiger partial charge on any atom is 0.236 e. The van der Waals surface area contributed by atoms with Crippen molar-refractivity contribution in [2.45, 2.75) is 81.4 Å². The van der Waals surface area contributed by atoms with Gasteiger partial charge in [-0.2, -0.15) is 0 Å². The number of carbonyl (C=O) groups excluding carboxylic acids is 1. The number of unbranched alkanes of at least 4 members (excludes halogenated alkanes) is 1. The summed E-state index contributed by atoms with van der Waals surface area (Å²) in [6.45, 7) is 8.06. The van der Waals surface area contributed by atoms with Crippen LogP contribution in [0.15, 0.2) is 48.7 Å². The first kappa shape index (κ1) is 28.7. The quantitative estimate of drug-likeness (QED) is 0.236. The number of aliphatic hydroxyl groups is 1. The summed E-state index contributed by atoms with van der Waals surface area (Å²) in [6.07, 6.45) is 6.20. The van der Waals surface area contributed by atoms with Crippen molar-refractivity contribution in [3.63, 3.8) is 0 Å². The molecule has 1 saturated carbocycles. The van der Waals surface area contributed by atoms with Crippen LogP contribution in [0.5, 0.6) is 11.5 Å². The number of halogens is 1. The lowest BCUT2D eigenvalue weighted by Gasteiger charge is -2.36. The molecule has 0 bridgehead atoms. The number of likely N-dealkylation sites (tertiary alicyclic amines) is 1. The van der Waals surface area contributed by atoms with Gasteiger partial charge >= 0.3 is 0 Å². The number of carbonyl (C=O) groups is 1. The molecule has 2 N–H and O–H groups in total. The van der Waals surface area contributed by atoms with Gasteiger partial charge in [0.1, 0.15) is 6.23 Å². The number of hydrogen-bond donors (Lipinski definition) is 2. The van der Waals surface area contributed by atoms with Gasteiger partial charge in [-0.05, 0) is 54.1 Å². The van der Waals surface area contributed by atoms with Crippen LogP contribution in [0.2, 0.25) is 29.7 Å². The Bertz CT molecular complexity index is 1430. The van der Waals surface area contributed by atoms with Crippen molar-refractivity contribution in [2.24, 2.45) is 0 Å². The Balaban J connectivity index is 1.25. The smallest absolute Gasteiger partial charge is 0.236 e. The second-order valence-electron chi connectivity index (χ2n) is 12.2. The molecule has 3 aromatic rings. The Kier molecular flexibility index (Phi) is 7.93. The molecule has 3 heterocycles. The predicted octanol–water partition coefficient (Wildman–Crippen LogP) is 7.19. The van der Waals surface area contributed by atoms with Crippen LogP contribution in [-0.2, 0) is 10.2 Å². The minimum absolute atomic E-state index is 0.0588. The van der Waals surface area contributed by atoms with Crippen molar-refractivity contribution in [1.82, 2.24) is 9.88 Å². The highest BCUT2D eigenvalue weighted by molar-refractivity contribution is 7.15. The zero-order valence-corrected chi connectivity index (χ0v) is 26.4. The van der Waals surface area contributed by atoms with Crippen LogP contribution < -0.4 is 14.8 Å². The highest BCUT2D eigenvalue weighted by atomic mass is 35.5. The fourth-order valence-corrected chi connectivity index (χ4v) is 11.3. The van der Waals surface area contributed by atoms with Crippen molar-refractivity contribution in [2.75, 3.05) is 18.7 Å².